The van der Waals surface area contributed by atoms with Crippen LogP contribution in [0.4, 0.5) is 0 Å². The largest absolute Gasteiger partial charge is 0.497 e. The van der Waals surface area contributed by atoms with Crippen molar-refractivity contribution < 1.29 is 24.2 Å². The quantitative estimate of drug-likeness (QED) is 0.662. The minimum absolute atomic E-state index is 0.00757. The predicted molar refractivity (Wildman–Crippen MR) is 101 cm³/mol. The van der Waals surface area contributed by atoms with Crippen molar-refractivity contribution in [1.82, 2.24) is 5.32 Å². The molecule has 0 aliphatic rings. The van der Waals surface area contributed by atoms with Crippen molar-refractivity contribution in [3.63, 3.8) is 0 Å². The number of hydrogen-bond acceptors (Lipinski definition) is 4. The fourth-order valence-corrected chi connectivity index (χ4v) is 2.86. The van der Waals surface area contributed by atoms with E-state index < -0.39 is 17.4 Å². The average Bonchev–Trinajstić information content (AvgIpc) is 2.70. The van der Waals surface area contributed by atoms with Gasteiger partial charge in [-0.15, -0.1) is 0 Å². The standard InChI is InChI=1S/C21H23NO5/c1-3-21(20(25)26,16-7-5-4-6-8-16)22-19(24)14-13-18(23)15-9-11-17(27-2)12-10-15/h4-12H,3,13-14H2,1-2H3,(H,22,24)(H,25,26). The number of carboxylic acid groups (broad SMARTS) is 1. The second-order valence-corrected chi connectivity index (χ2v) is 6.13. The highest BCUT2D eigenvalue weighted by atomic mass is 16.5. The van der Waals surface area contributed by atoms with E-state index in [9.17, 15) is 19.5 Å². The number of rotatable bonds is 9. The Morgan fingerprint density at radius 2 is 1.63 bits per heavy atom. The Labute approximate surface area is 158 Å². The van der Waals surface area contributed by atoms with E-state index in [1.807, 2.05) is 0 Å². The van der Waals surface area contributed by atoms with Crippen LogP contribution in [0.1, 0.15) is 42.1 Å². The molecule has 2 aromatic rings. The molecule has 2 rings (SSSR count). The predicted octanol–water partition coefficient (Wildman–Crippen LogP) is 3.16. The molecule has 0 saturated carbocycles. The topological polar surface area (TPSA) is 92.7 Å². The lowest BCUT2D eigenvalue weighted by molar-refractivity contribution is -0.148. The number of carbonyl (C=O) groups excluding carboxylic acids is 2. The smallest absolute Gasteiger partial charge is 0.334 e. The molecule has 0 spiro atoms. The summed E-state index contributed by atoms with van der Waals surface area (Å²) in [5.41, 5.74) is -0.539. The van der Waals surface area contributed by atoms with Crippen LogP contribution in [0, 0.1) is 0 Å². The molecule has 2 aromatic carbocycles. The molecule has 2 N–H and O–H groups in total. The Hall–Kier alpha value is -3.15. The molecule has 1 amide bonds. The van der Waals surface area contributed by atoms with E-state index in [4.69, 9.17) is 4.74 Å². The number of carbonyl (C=O) groups is 3. The molecular formula is C21H23NO5. The molecule has 0 aliphatic carbocycles. The van der Waals surface area contributed by atoms with E-state index >= 15 is 0 Å². The zero-order valence-corrected chi connectivity index (χ0v) is 15.4. The van der Waals surface area contributed by atoms with Crippen molar-refractivity contribution in [2.24, 2.45) is 0 Å². The summed E-state index contributed by atoms with van der Waals surface area (Å²) < 4.78 is 5.05. The van der Waals surface area contributed by atoms with Crippen LogP contribution in [-0.2, 0) is 15.1 Å². The van der Waals surface area contributed by atoms with Crippen LogP contribution in [0.2, 0.25) is 0 Å². The number of ketones is 1. The molecule has 1 atom stereocenters. The van der Waals surface area contributed by atoms with Crippen molar-refractivity contribution in [2.75, 3.05) is 7.11 Å². The van der Waals surface area contributed by atoms with Gasteiger partial charge in [0, 0.05) is 18.4 Å². The van der Waals surface area contributed by atoms with Gasteiger partial charge in [0.25, 0.3) is 0 Å². The van der Waals surface area contributed by atoms with Crippen LogP contribution in [0.5, 0.6) is 5.75 Å². The van der Waals surface area contributed by atoms with Gasteiger partial charge in [-0.3, -0.25) is 9.59 Å². The Bertz CT molecular complexity index is 801. The van der Waals surface area contributed by atoms with Crippen LogP contribution in [0.25, 0.3) is 0 Å². The summed E-state index contributed by atoms with van der Waals surface area (Å²) in [7, 11) is 1.54. The van der Waals surface area contributed by atoms with Crippen molar-refractivity contribution >= 4 is 17.7 Å². The maximum atomic E-state index is 12.4. The normalized spacial score (nSPS) is 12.7. The van der Waals surface area contributed by atoms with Crippen molar-refractivity contribution in [3.8, 4) is 5.75 Å². The summed E-state index contributed by atoms with van der Waals surface area (Å²) in [5.74, 6) is -1.16. The third-order valence-electron chi connectivity index (χ3n) is 4.51. The lowest BCUT2D eigenvalue weighted by Gasteiger charge is -2.30. The molecule has 0 saturated heterocycles. The van der Waals surface area contributed by atoms with E-state index in [0.717, 1.165) is 0 Å². The third-order valence-corrected chi connectivity index (χ3v) is 4.51. The van der Waals surface area contributed by atoms with Gasteiger partial charge in [0.1, 0.15) is 5.75 Å². The lowest BCUT2D eigenvalue weighted by Crippen LogP contribution is -2.51. The van der Waals surface area contributed by atoms with Crippen molar-refractivity contribution in [2.45, 2.75) is 31.7 Å². The van der Waals surface area contributed by atoms with Gasteiger partial charge in [-0.05, 0) is 36.2 Å². The van der Waals surface area contributed by atoms with Crippen LogP contribution in [0.15, 0.2) is 54.6 Å². The highest BCUT2D eigenvalue weighted by molar-refractivity contribution is 5.98. The first-order valence-corrected chi connectivity index (χ1v) is 8.70. The van der Waals surface area contributed by atoms with Gasteiger partial charge in [-0.2, -0.15) is 0 Å². The molecular weight excluding hydrogens is 346 g/mol. The van der Waals surface area contributed by atoms with Gasteiger partial charge >= 0.3 is 5.97 Å². The van der Waals surface area contributed by atoms with E-state index in [1.54, 1.807) is 61.5 Å². The molecule has 6 heteroatoms. The molecule has 0 heterocycles. The second kappa shape index (κ2) is 8.98. The molecule has 0 bridgehead atoms. The van der Waals surface area contributed by atoms with Crippen LogP contribution in [-0.4, -0.2) is 29.9 Å². The fraction of sp³-hybridized carbons (Fsp3) is 0.286. The van der Waals surface area contributed by atoms with E-state index in [1.165, 1.54) is 7.11 Å². The molecule has 6 nitrogen and oxygen atoms in total. The molecule has 1 unspecified atom stereocenters. The number of aliphatic carboxylic acids is 1. The summed E-state index contributed by atoms with van der Waals surface area (Å²) in [5, 5.41) is 12.3. The maximum Gasteiger partial charge on any atom is 0.334 e. The number of nitrogens with one attached hydrogen (secondary N) is 1. The summed E-state index contributed by atoms with van der Waals surface area (Å²) in [4.78, 5) is 36.6. The molecule has 0 aromatic heterocycles. The zero-order valence-electron chi connectivity index (χ0n) is 15.4. The fourth-order valence-electron chi connectivity index (χ4n) is 2.86. The van der Waals surface area contributed by atoms with E-state index in [2.05, 4.69) is 5.32 Å². The first-order valence-electron chi connectivity index (χ1n) is 8.70. The van der Waals surface area contributed by atoms with E-state index in [0.29, 0.717) is 16.9 Å². The van der Waals surface area contributed by atoms with Gasteiger partial charge in [0.05, 0.1) is 7.11 Å². The van der Waals surface area contributed by atoms with Crippen molar-refractivity contribution in [3.05, 3.63) is 65.7 Å². The molecule has 142 valence electrons. The summed E-state index contributed by atoms with van der Waals surface area (Å²) in [6, 6.07) is 15.2. The number of methoxy groups -OCH3 is 1. The average molecular weight is 369 g/mol. The molecule has 27 heavy (non-hydrogen) atoms. The number of amides is 1. The Balaban J connectivity index is 2.05. The number of Topliss-reactive ketones (excluding diaryl/α,β-unsaturated/α-hetero) is 1. The first-order chi connectivity index (χ1) is 12.9. The zero-order chi connectivity index (χ0) is 19.9. The van der Waals surface area contributed by atoms with Crippen LogP contribution in [0.3, 0.4) is 0 Å². The number of ether oxygens (including phenoxy) is 1. The SMILES string of the molecule is CCC(NC(=O)CCC(=O)c1ccc(OC)cc1)(C(=O)O)c1ccccc1. The minimum Gasteiger partial charge on any atom is -0.497 e. The van der Waals surface area contributed by atoms with Crippen molar-refractivity contribution in [1.29, 1.82) is 0 Å². The number of benzene rings is 2. The number of hydrogen-bond donors (Lipinski definition) is 2. The maximum absolute atomic E-state index is 12.4. The van der Waals surface area contributed by atoms with Gasteiger partial charge in [-0.25, -0.2) is 4.79 Å². The monoisotopic (exact) mass is 369 g/mol. The van der Waals surface area contributed by atoms with Gasteiger partial charge < -0.3 is 15.2 Å². The summed E-state index contributed by atoms with van der Waals surface area (Å²) in [6.07, 6.45) is 0.0869. The summed E-state index contributed by atoms with van der Waals surface area (Å²) in [6.45, 7) is 1.70. The highest BCUT2D eigenvalue weighted by Crippen LogP contribution is 2.26. The molecule has 0 radical (unpaired) electrons. The third kappa shape index (κ3) is 4.73. The van der Waals surface area contributed by atoms with E-state index in [-0.39, 0.29) is 25.0 Å². The Kier molecular flexibility index (Phi) is 6.71. The first kappa shape index (κ1) is 20.2. The van der Waals surface area contributed by atoms with Crippen LogP contribution < -0.4 is 10.1 Å². The Morgan fingerprint density at radius 3 is 2.15 bits per heavy atom. The van der Waals surface area contributed by atoms with Gasteiger partial charge in [-0.1, -0.05) is 37.3 Å². The lowest BCUT2D eigenvalue weighted by atomic mass is 9.87. The van der Waals surface area contributed by atoms with Crippen LogP contribution >= 0.6 is 0 Å². The number of carboxylic acids is 1. The molecule has 0 aliphatic heterocycles. The minimum atomic E-state index is -1.51. The highest BCUT2D eigenvalue weighted by Gasteiger charge is 2.40. The van der Waals surface area contributed by atoms with Gasteiger partial charge in [0.2, 0.25) is 5.91 Å². The van der Waals surface area contributed by atoms with Gasteiger partial charge in [0.15, 0.2) is 11.3 Å². The second-order valence-electron chi connectivity index (χ2n) is 6.13. The molecule has 0 fully saturated rings. The Morgan fingerprint density at radius 1 is 1.00 bits per heavy atom. The summed E-state index contributed by atoms with van der Waals surface area (Å²) >= 11 is 0.